The van der Waals surface area contributed by atoms with Crippen LogP contribution in [0, 0.1) is 0 Å². The van der Waals surface area contributed by atoms with Crippen LogP contribution in [-0.4, -0.2) is 59.3 Å². The quantitative estimate of drug-likeness (QED) is 0.529. The number of piperazine rings is 1. The molecular formula is C26H26N2O2S2. The van der Waals surface area contributed by atoms with Gasteiger partial charge in [0.05, 0.1) is 4.58 Å². The first kappa shape index (κ1) is 21.4. The molecule has 2 heterocycles. The molecule has 0 atom stereocenters. The lowest BCUT2D eigenvalue weighted by molar-refractivity contribution is 0.0536. The number of carbonyl (C=O) groups is 2. The molecule has 0 saturated carbocycles. The fraction of sp³-hybridized carbons (Fsp3) is 0.308. The van der Waals surface area contributed by atoms with E-state index in [-0.39, 0.29) is 11.8 Å². The molecule has 3 aromatic rings. The Morgan fingerprint density at radius 3 is 2.06 bits per heavy atom. The van der Waals surface area contributed by atoms with Crippen molar-refractivity contribution in [1.29, 1.82) is 0 Å². The van der Waals surface area contributed by atoms with Gasteiger partial charge in [-0.25, -0.2) is 0 Å². The Balaban J connectivity index is 1.22. The summed E-state index contributed by atoms with van der Waals surface area (Å²) in [7, 11) is 0. The number of hydrogen-bond acceptors (Lipinski definition) is 4. The molecule has 0 spiro atoms. The maximum atomic E-state index is 13.2. The van der Waals surface area contributed by atoms with E-state index in [1.807, 2.05) is 87.9 Å². The van der Waals surface area contributed by atoms with Crippen LogP contribution < -0.4 is 0 Å². The Morgan fingerprint density at radius 2 is 1.34 bits per heavy atom. The molecule has 2 fully saturated rings. The van der Waals surface area contributed by atoms with E-state index < -0.39 is 0 Å². The van der Waals surface area contributed by atoms with Crippen molar-refractivity contribution in [2.75, 3.05) is 37.7 Å². The molecule has 2 amide bonds. The normalized spacial score (nSPS) is 17.5. The minimum absolute atomic E-state index is 0.0423. The van der Waals surface area contributed by atoms with Crippen LogP contribution in [0.3, 0.4) is 0 Å². The summed E-state index contributed by atoms with van der Waals surface area (Å²) in [6.07, 6.45) is 1.28. The molecule has 2 aliphatic rings. The molecule has 5 rings (SSSR count). The van der Waals surface area contributed by atoms with Crippen molar-refractivity contribution in [3.8, 4) is 0 Å². The zero-order valence-corrected chi connectivity index (χ0v) is 19.5. The van der Waals surface area contributed by atoms with Crippen molar-refractivity contribution in [2.24, 2.45) is 0 Å². The maximum absolute atomic E-state index is 13.2. The smallest absolute Gasteiger partial charge is 0.254 e. The largest absolute Gasteiger partial charge is 0.335 e. The van der Waals surface area contributed by atoms with E-state index in [0.29, 0.717) is 30.8 Å². The van der Waals surface area contributed by atoms with E-state index in [9.17, 15) is 9.59 Å². The number of hydrogen-bond donors (Lipinski definition) is 0. The third kappa shape index (κ3) is 4.39. The Bertz CT molecular complexity index is 1110. The van der Waals surface area contributed by atoms with E-state index in [2.05, 4.69) is 12.1 Å². The highest BCUT2D eigenvalue weighted by Crippen LogP contribution is 2.43. The Kier molecular flexibility index (Phi) is 6.42. The summed E-state index contributed by atoms with van der Waals surface area (Å²) in [5, 5.41) is 2.05. The lowest BCUT2D eigenvalue weighted by Crippen LogP contribution is -2.50. The molecule has 0 aromatic heterocycles. The van der Waals surface area contributed by atoms with Gasteiger partial charge in [0, 0.05) is 37.3 Å². The molecule has 164 valence electrons. The lowest BCUT2D eigenvalue weighted by Gasteiger charge is -2.35. The topological polar surface area (TPSA) is 40.6 Å². The van der Waals surface area contributed by atoms with Gasteiger partial charge < -0.3 is 9.80 Å². The predicted octanol–water partition coefficient (Wildman–Crippen LogP) is 5.31. The number of fused-ring (bicyclic) bond motifs is 1. The van der Waals surface area contributed by atoms with Gasteiger partial charge >= 0.3 is 0 Å². The zero-order valence-electron chi connectivity index (χ0n) is 17.9. The maximum Gasteiger partial charge on any atom is 0.254 e. The lowest BCUT2D eigenvalue weighted by atomic mass is 10.0. The fourth-order valence-corrected chi connectivity index (χ4v) is 7.23. The number of carbonyl (C=O) groups excluding carboxylic acids is 2. The summed E-state index contributed by atoms with van der Waals surface area (Å²) in [4.78, 5) is 29.9. The van der Waals surface area contributed by atoms with Gasteiger partial charge in [-0.2, -0.15) is 0 Å². The van der Waals surface area contributed by atoms with Crippen LogP contribution in [0.4, 0.5) is 0 Å². The third-order valence-corrected chi connectivity index (χ3v) is 9.15. The molecule has 0 radical (unpaired) electrons. The SMILES string of the molecule is O=C(c1ccc(C2SCCCS2)cc1)N1CCN(C(=O)c2cccc3ccccc23)CC1. The van der Waals surface area contributed by atoms with Crippen LogP contribution in [0.15, 0.2) is 66.7 Å². The molecule has 2 saturated heterocycles. The summed E-state index contributed by atoms with van der Waals surface area (Å²) in [6.45, 7) is 2.24. The molecule has 32 heavy (non-hydrogen) atoms. The highest BCUT2D eigenvalue weighted by Gasteiger charge is 2.26. The Labute approximate surface area is 197 Å². The second-order valence-electron chi connectivity index (χ2n) is 8.16. The first-order valence-corrected chi connectivity index (χ1v) is 13.2. The Morgan fingerprint density at radius 1 is 0.719 bits per heavy atom. The van der Waals surface area contributed by atoms with Gasteiger partial charge in [0.15, 0.2) is 0 Å². The van der Waals surface area contributed by atoms with Gasteiger partial charge in [-0.3, -0.25) is 9.59 Å². The van der Waals surface area contributed by atoms with E-state index in [1.54, 1.807) is 0 Å². The molecule has 2 aliphatic heterocycles. The summed E-state index contributed by atoms with van der Waals surface area (Å²) >= 11 is 3.98. The number of amides is 2. The molecular weight excluding hydrogens is 436 g/mol. The van der Waals surface area contributed by atoms with Crippen molar-refractivity contribution in [3.63, 3.8) is 0 Å². The van der Waals surface area contributed by atoms with E-state index in [4.69, 9.17) is 0 Å². The molecule has 4 nitrogen and oxygen atoms in total. The van der Waals surface area contributed by atoms with E-state index >= 15 is 0 Å². The van der Waals surface area contributed by atoms with Crippen LogP contribution in [-0.2, 0) is 0 Å². The van der Waals surface area contributed by atoms with Crippen molar-refractivity contribution in [1.82, 2.24) is 9.80 Å². The van der Waals surface area contributed by atoms with Gasteiger partial charge in [-0.05, 0) is 52.5 Å². The second-order valence-corrected chi connectivity index (χ2v) is 10.9. The number of benzene rings is 3. The summed E-state index contributed by atoms with van der Waals surface area (Å²) in [5.41, 5.74) is 2.76. The monoisotopic (exact) mass is 462 g/mol. The fourth-order valence-electron chi connectivity index (χ4n) is 4.34. The minimum atomic E-state index is 0.0423. The summed E-state index contributed by atoms with van der Waals surface area (Å²) in [6, 6.07) is 22.0. The van der Waals surface area contributed by atoms with Crippen molar-refractivity contribution in [3.05, 3.63) is 83.4 Å². The van der Waals surface area contributed by atoms with E-state index in [0.717, 1.165) is 21.9 Å². The zero-order chi connectivity index (χ0) is 21.9. The van der Waals surface area contributed by atoms with Gasteiger partial charge in [0.1, 0.15) is 0 Å². The highest BCUT2D eigenvalue weighted by atomic mass is 32.2. The summed E-state index contributed by atoms with van der Waals surface area (Å²) in [5.74, 6) is 2.51. The molecule has 0 N–H and O–H groups in total. The van der Waals surface area contributed by atoms with Gasteiger partial charge in [0.25, 0.3) is 11.8 Å². The minimum Gasteiger partial charge on any atom is -0.335 e. The molecule has 6 heteroatoms. The van der Waals surface area contributed by atoms with Crippen molar-refractivity contribution >= 4 is 46.1 Å². The molecule has 3 aromatic carbocycles. The van der Waals surface area contributed by atoms with Crippen LogP contribution >= 0.6 is 23.5 Å². The van der Waals surface area contributed by atoms with Gasteiger partial charge in [-0.15, -0.1) is 23.5 Å². The average molecular weight is 463 g/mol. The first-order valence-electron chi connectivity index (χ1n) is 11.1. The van der Waals surface area contributed by atoms with Crippen molar-refractivity contribution in [2.45, 2.75) is 11.0 Å². The van der Waals surface area contributed by atoms with Crippen LogP contribution in [0.25, 0.3) is 10.8 Å². The molecule has 0 bridgehead atoms. The average Bonchev–Trinajstić information content (AvgIpc) is 2.88. The second kappa shape index (κ2) is 9.59. The van der Waals surface area contributed by atoms with Gasteiger partial charge in [-0.1, -0.05) is 48.5 Å². The molecule has 0 aliphatic carbocycles. The standard InChI is InChI=1S/C26H26N2O2S2/c29-24(20-9-11-21(12-10-20)26-31-17-4-18-32-26)27-13-15-28(16-14-27)25(30)23-8-3-6-19-5-1-2-7-22(19)23/h1-3,5-12,26H,4,13-18H2. The third-order valence-electron chi connectivity index (χ3n) is 6.13. The van der Waals surface area contributed by atoms with E-state index in [1.165, 1.54) is 23.5 Å². The highest BCUT2D eigenvalue weighted by molar-refractivity contribution is 8.16. The number of rotatable bonds is 3. The van der Waals surface area contributed by atoms with Crippen LogP contribution in [0.2, 0.25) is 0 Å². The summed E-state index contributed by atoms with van der Waals surface area (Å²) < 4.78 is 0.483. The Hall–Kier alpha value is -2.44. The van der Waals surface area contributed by atoms with Crippen LogP contribution in [0.5, 0.6) is 0 Å². The van der Waals surface area contributed by atoms with Gasteiger partial charge in [0.2, 0.25) is 0 Å². The predicted molar refractivity (Wildman–Crippen MR) is 134 cm³/mol. The first-order chi connectivity index (χ1) is 15.7. The number of thioether (sulfide) groups is 2. The molecule has 0 unspecified atom stereocenters. The number of nitrogens with zero attached hydrogens (tertiary/aromatic N) is 2. The van der Waals surface area contributed by atoms with Crippen molar-refractivity contribution < 1.29 is 9.59 Å². The van der Waals surface area contributed by atoms with Crippen LogP contribution in [0.1, 0.15) is 37.3 Å².